The number of carbonyl (C=O) groups is 1. The Hall–Kier alpha value is -2.51. The van der Waals surface area contributed by atoms with Gasteiger partial charge in [0.1, 0.15) is 5.82 Å². The largest absolute Gasteiger partial charge is 0.462 e. The molecular formula is C16H24N6O2. The minimum absolute atomic E-state index is 0.305. The number of hydrogen-bond donors (Lipinski definition) is 1. The van der Waals surface area contributed by atoms with Crippen LogP contribution in [0.25, 0.3) is 0 Å². The second-order valence-corrected chi connectivity index (χ2v) is 5.75. The average Bonchev–Trinajstić information content (AvgIpc) is 2.89. The van der Waals surface area contributed by atoms with Gasteiger partial charge in [-0.25, -0.2) is 19.7 Å². The van der Waals surface area contributed by atoms with Gasteiger partial charge in [-0.2, -0.15) is 5.10 Å². The van der Waals surface area contributed by atoms with Gasteiger partial charge in [-0.3, -0.25) is 4.68 Å². The summed E-state index contributed by atoms with van der Waals surface area (Å²) in [6.07, 6.45) is 2.19. The van der Waals surface area contributed by atoms with Crippen molar-refractivity contribution in [3.63, 3.8) is 0 Å². The van der Waals surface area contributed by atoms with Gasteiger partial charge in [0.05, 0.1) is 17.9 Å². The molecule has 0 aromatic carbocycles. The lowest BCUT2D eigenvalue weighted by molar-refractivity contribution is 0.0524. The Morgan fingerprint density at radius 2 is 2.12 bits per heavy atom. The molecular weight excluding hydrogens is 308 g/mol. The zero-order valence-electron chi connectivity index (χ0n) is 14.8. The number of aryl methyl sites for hydroxylation is 2. The fraction of sp³-hybridized carbons (Fsp3) is 0.562. The van der Waals surface area contributed by atoms with Gasteiger partial charge in [0.25, 0.3) is 0 Å². The van der Waals surface area contributed by atoms with Crippen LogP contribution >= 0.6 is 0 Å². The first-order chi connectivity index (χ1) is 11.4. The van der Waals surface area contributed by atoms with Crippen LogP contribution in [-0.4, -0.2) is 43.9 Å². The number of aromatic nitrogens is 5. The highest BCUT2D eigenvalue weighted by Crippen LogP contribution is 2.11. The van der Waals surface area contributed by atoms with Crippen LogP contribution in [0.5, 0.6) is 0 Å². The van der Waals surface area contributed by atoms with Gasteiger partial charge < -0.3 is 10.1 Å². The van der Waals surface area contributed by atoms with Crippen molar-refractivity contribution < 1.29 is 9.53 Å². The molecule has 0 aliphatic heterocycles. The van der Waals surface area contributed by atoms with Crippen LogP contribution in [0.2, 0.25) is 0 Å². The number of nitrogens with one attached hydrogen (secondary N) is 1. The SMILES string of the molecule is CCOC(=O)c1cnc(NCCc2nc(C(C)C)nn2C)nc1C. The molecule has 0 saturated carbocycles. The highest BCUT2D eigenvalue weighted by atomic mass is 16.5. The van der Waals surface area contributed by atoms with E-state index in [0.717, 1.165) is 11.6 Å². The number of rotatable bonds is 7. The van der Waals surface area contributed by atoms with E-state index in [1.165, 1.54) is 6.20 Å². The Morgan fingerprint density at radius 1 is 1.38 bits per heavy atom. The number of anilines is 1. The third-order valence-corrected chi connectivity index (χ3v) is 3.49. The zero-order valence-corrected chi connectivity index (χ0v) is 14.8. The minimum atomic E-state index is -0.401. The van der Waals surface area contributed by atoms with E-state index >= 15 is 0 Å². The quantitative estimate of drug-likeness (QED) is 0.773. The van der Waals surface area contributed by atoms with Crippen LogP contribution in [0.1, 0.15) is 54.4 Å². The van der Waals surface area contributed by atoms with E-state index in [9.17, 15) is 4.79 Å². The fourth-order valence-electron chi connectivity index (χ4n) is 2.15. The summed E-state index contributed by atoms with van der Waals surface area (Å²) in [6, 6.07) is 0. The number of nitrogens with zero attached hydrogens (tertiary/aromatic N) is 5. The van der Waals surface area contributed by atoms with E-state index in [1.54, 1.807) is 18.5 Å². The van der Waals surface area contributed by atoms with E-state index in [4.69, 9.17) is 4.74 Å². The second kappa shape index (κ2) is 7.85. The number of esters is 1. The molecule has 0 aliphatic carbocycles. The maximum absolute atomic E-state index is 11.7. The number of carbonyl (C=O) groups excluding carboxylic acids is 1. The van der Waals surface area contributed by atoms with Crippen LogP contribution in [-0.2, 0) is 18.2 Å². The van der Waals surface area contributed by atoms with Crippen molar-refractivity contribution in [1.29, 1.82) is 0 Å². The summed E-state index contributed by atoms with van der Waals surface area (Å²) in [4.78, 5) is 24.7. The molecule has 8 heteroatoms. The van der Waals surface area contributed by atoms with Crippen molar-refractivity contribution in [2.45, 2.75) is 40.0 Å². The lowest BCUT2D eigenvalue weighted by atomic mass is 10.2. The monoisotopic (exact) mass is 332 g/mol. The summed E-state index contributed by atoms with van der Waals surface area (Å²) >= 11 is 0. The van der Waals surface area contributed by atoms with Gasteiger partial charge in [-0.1, -0.05) is 13.8 Å². The number of hydrogen-bond acceptors (Lipinski definition) is 7. The van der Waals surface area contributed by atoms with Crippen LogP contribution in [0.4, 0.5) is 5.95 Å². The van der Waals surface area contributed by atoms with Crippen molar-refractivity contribution in [2.24, 2.45) is 7.05 Å². The Morgan fingerprint density at radius 3 is 2.71 bits per heavy atom. The van der Waals surface area contributed by atoms with Gasteiger partial charge >= 0.3 is 5.97 Å². The molecule has 2 rings (SSSR count). The molecule has 0 radical (unpaired) electrons. The molecule has 0 spiro atoms. The standard InChI is InChI=1S/C16H24N6O2/c1-6-24-15(23)12-9-18-16(19-11(12)4)17-8-7-13-20-14(10(2)3)21-22(13)5/h9-10H,6-8H2,1-5H3,(H,17,18,19). The summed E-state index contributed by atoms with van der Waals surface area (Å²) in [5, 5.41) is 7.54. The van der Waals surface area contributed by atoms with E-state index in [2.05, 4.69) is 39.2 Å². The highest BCUT2D eigenvalue weighted by molar-refractivity contribution is 5.90. The lowest BCUT2D eigenvalue weighted by Gasteiger charge is -2.08. The molecule has 2 heterocycles. The maximum Gasteiger partial charge on any atom is 0.341 e. The summed E-state index contributed by atoms with van der Waals surface area (Å²) < 4.78 is 6.76. The van der Waals surface area contributed by atoms with Crippen molar-refractivity contribution in [3.8, 4) is 0 Å². The summed E-state index contributed by atoms with van der Waals surface area (Å²) in [6.45, 7) is 8.62. The third kappa shape index (κ3) is 4.27. The van der Waals surface area contributed by atoms with Crippen LogP contribution in [0.3, 0.4) is 0 Å². The van der Waals surface area contributed by atoms with Gasteiger partial charge in [0.15, 0.2) is 5.82 Å². The predicted octanol–water partition coefficient (Wildman–Crippen LogP) is 1.87. The Labute approximate surface area is 141 Å². The van der Waals surface area contributed by atoms with E-state index in [0.29, 0.717) is 42.7 Å². The normalized spacial score (nSPS) is 10.9. The van der Waals surface area contributed by atoms with Crippen LogP contribution in [0.15, 0.2) is 6.20 Å². The van der Waals surface area contributed by atoms with Crippen LogP contribution < -0.4 is 5.32 Å². The molecule has 1 N–H and O–H groups in total. The Bertz CT molecular complexity index is 711. The van der Waals surface area contributed by atoms with Gasteiger partial charge in [-0.15, -0.1) is 0 Å². The summed E-state index contributed by atoms with van der Waals surface area (Å²) in [5.74, 6) is 2.14. The molecule has 0 amide bonds. The maximum atomic E-state index is 11.7. The van der Waals surface area contributed by atoms with Crippen molar-refractivity contribution in [2.75, 3.05) is 18.5 Å². The third-order valence-electron chi connectivity index (χ3n) is 3.49. The molecule has 0 fully saturated rings. The molecule has 0 atom stereocenters. The lowest BCUT2D eigenvalue weighted by Crippen LogP contribution is -2.14. The second-order valence-electron chi connectivity index (χ2n) is 5.75. The Balaban J connectivity index is 1.95. The molecule has 0 unspecified atom stereocenters. The van der Waals surface area contributed by atoms with Gasteiger partial charge in [0.2, 0.25) is 5.95 Å². The molecule has 0 bridgehead atoms. The van der Waals surface area contributed by atoms with Gasteiger partial charge in [-0.05, 0) is 13.8 Å². The van der Waals surface area contributed by atoms with E-state index < -0.39 is 5.97 Å². The molecule has 24 heavy (non-hydrogen) atoms. The molecule has 2 aromatic heterocycles. The molecule has 130 valence electrons. The first kappa shape index (κ1) is 17.8. The highest BCUT2D eigenvalue weighted by Gasteiger charge is 2.13. The predicted molar refractivity (Wildman–Crippen MR) is 90.0 cm³/mol. The first-order valence-electron chi connectivity index (χ1n) is 8.06. The zero-order chi connectivity index (χ0) is 17.7. The molecule has 2 aromatic rings. The number of ether oxygens (including phenoxy) is 1. The van der Waals surface area contributed by atoms with Crippen LogP contribution in [0, 0.1) is 6.92 Å². The van der Waals surface area contributed by atoms with Crippen molar-refractivity contribution >= 4 is 11.9 Å². The first-order valence-corrected chi connectivity index (χ1v) is 8.06. The van der Waals surface area contributed by atoms with Gasteiger partial charge in [0, 0.05) is 32.1 Å². The topological polar surface area (TPSA) is 94.8 Å². The van der Waals surface area contributed by atoms with E-state index in [1.807, 2.05) is 7.05 Å². The molecule has 0 aliphatic rings. The fourth-order valence-corrected chi connectivity index (χ4v) is 2.15. The van der Waals surface area contributed by atoms with E-state index in [-0.39, 0.29) is 0 Å². The average molecular weight is 332 g/mol. The summed E-state index contributed by atoms with van der Waals surface area (Å²) in [5.41, 5.74) is 0.976. The van der Waals surface area contributed by atoms with Crippen molar-refractivity contribution in [3.05, 3.63) is 29.1 Å². The van der Waals surface area contributed by atoms with Crippen molar-refractivity contribution in [1.82, 2.24) is 24.7 Å². The smallest absolute Gasteiger partial charge is 0.341 e. The Kier molecular flexibility index (Phi) is 5.83. The minimum Gasteiger partial charge on any atom is -0.462 e. The molecule has 0 saturated heterocycles. The summed E-state index contributed by atoms with van der Waals surface area (Å²) in [7, 11) is 1.89. The molecule has 8 nitrogen and oxygen atoms in total.